The van der Waals surface area contributed by atoms with Gasteiger partial charge >= 0.3 is 0 Å². The average molecular weight is 303 g/mol. The van der Waals surface area contributed by atoms with E-state index in [-0.39, 0.29) is 30.3 Å². The predicted octanol–water partition coefficient (Wildman–Crippen LogP) is 1.49. The summed E-state index contributed by atoms with van der Waals surface area (Å²) in [6.45, 7) is 9.94. The summed E-state index contributed by atoms with van der Waals surface area (Å²) in [5.74, 6) is 0.0655. The summed E-state index contributed by atoms with van der Waals surface area (Å²) in [6.07, 6.45) is 0.780. The Morgan fingerprint density at radius 3 is 2.30 bits per heavy atom. The van der Waals surface area contributed by atoms with Crippen LogP contribution in [0.3, 0.4) is 0 Å². The number of hydrogen-bond donors (Lipinski definition) is 2. The topological polar surface area (TPSA) is 72.9 Å². The fourth-order valence-corrected chi connectivity index (χ4v) is 2.11. The Hall–Kier alpha value is -1.07. The summed E-state index contributed by atoms with van der Waals surface area (Å²) in [4.78, 5) is 11.9. The maximum Gasteiger partial charge on any atom is 0.237 e. The van der Waals surface area contributed by atoms with Crippen LogP contribution in [-0.2, 0) is 18.3 Å². The quantitative estimate of drug-likeness (QED) is 0.865. The van der Waals surface area contributed by atoms with Crippen LogP contribution in [-0.4, -0.2) is 27.8 Å². The van der Waals surface area contributed by atoms with Gasteiger partial charge in [-0.25, -0.2) is 0 Å². The highest BCUT2D eigenvalue weighted by atomic mass is 35.5. The first kappa shape index (κ1) is 18.9. The summed E-state index contributed by atoms with van der Waals surface area (Å²) in [5, 5.41) is 7.36. The van der Waals surface area contributed by atoms with Crippen molar-refractivity contribution in [1.29, 1.82) is 0 Å². The Labute approximate surface area is 127 Å². The summed E-state index contributed by atoms with van der Waals surface area (Å²) in [5.41, 5.74) is 9.21. The van der Waals surface area contributed by atoms with Crippen LogP contribution in [0.5, 0.6) is 0 Å². The standard InChI is InChI=1S/C14H26N4O.ClH/c1-8(2)13(15)14(19)16-9(3)7-12-10(4)17-18(6)11(12)5;/h8-9,13H,7,15H2,1-6H3,(H,16,19);1H/t9?,13-;/m0./s1. The molecule has 0 aliphatic rings. The third kappa shape index (κ3) is 4.49. The van der Waals surface area contributed by atoms with Gasteiger partial charge in [-0.2, -0.15) is 5.10 Å². The lowest BCUT2D eigenvalue weighted by Gasteiger charge is -2.19. The third-order valence-corrected chi connectivity index (χ3v) is 3.58. The molecule has 20 heavy (non-hydrogen) atoms. The molecule has 1 heterocycles. The van der Waals surface area contributed by atoms with E-state index in [0.717, 1.165) is 17.8 Å². The Kier molecular flexibility index (Phi) is 7.23. The van der Waals surface area contributed by atoms with Gasteiger partial charge in [0.25, 0.3) is 0 Å². The number of halogens is 1. The normalized spacial score (nSPS) is 13.8. The number of nitrogens with one attached hydrogen (secondary N) is 1. The molecule has 116 valence electrons. The van der Waals surface area contributed by atoms with Gasteiger partial charge < -0.3 is 11.1 Å². The maximum atomic E-state index is 11.9. The predicted molar refractivity (Wildman–Crippen MR) is 84.1 cm³/mol. The van der Waals surface area contributed by atoms with Gasteiger partial charge in [-0.15, -0.1) is 12.4 Å². The zero-order valence-electron chi connectivity index (χ0n) is 13.2. The molecule has 5 nitrogen and oxygen atoms in total. The summed E-state index contributed by atoms with van der Waals surface area (Å²) in [6, 6.07) is -0.391. The molecule has 0 saturated heterocycles. The van der Waals surface area contributed by atoms with E-state index in [9.17, 15) is 4.79 Å². The molecule has 0 aliphatic carbocycles. The molecule has 1 unspecified atom stereocenters. The largest absolute Gasteiger partial charge is 0.352 e. The van der Waals surface area contributed by atoms with Crippen LogP contribution in [0.1, 0.15) is 37.7 Å². The molecule has 3 N–H and O–H groups in total. The van der Waals surface area contributed by atoms with Gasteiger partial charge in [0.2, 0.25) is 5.91 Å². The Balaban J connectivity index is 0.00000361. The number of rotatable bonds is 5. The second-order valence-corrected chi connectivity index (χ2v) is 5.66. The van der Waals surface area contributed by atoms with Crippen molar-refractivity contribution in [3.63, 3.8) is 0 Å². The van der Waals surface area contributed by atoms with Crippen molar-refractivity contribution in [2.45, 2.75) is 53.1 Å². The number of aromatic nitrogens is 2. The second-order valence-electron chi connectivity index (χ2n) is 5.66. The van der Waals surface area contributed by atoms with Crippen LogP contribution in [0.25, 0.3) is 0 Å². The highest BCUT2D eigenvalue weighted by Crippen LogP contribution is 2.14. The van der Waals surface area contributed by atoms with Crippen LogP contribution < -0.4 is 11.1 Å². The third-order valence-electron chi connectivity index (χ3n) is 3.58. The van der Waals surface area contributed by atoms with Crippen LogP contribution >= 0.6 is 12.4 Å². The van der Waals surface area contributed by atoms with Crippen molar-refractivity contribution in [2.75, 3.05) is 0 Å². The molecule has 0 bridgehead atoms. The van der Waals surface area contributed by atoms with Gasteiger partial charge in [-0.05, 0) is 38.7 Å². The first-order valence-corrected chi connectivity index (χ1v) is 6.79. The Morgan fingerprint density at radius 1 is 1.35 bits per heavy atom. The Morgan fingerprint density at radius 2 is 1.90 bits per heavy atom. The minimum absolute atomic E-state index is 0. The number of amides is 1. The van der Waals surface area contributed by atoms with E-state index in [4.69, 9.17) is 5.73 Å². The van der Waals surface area contributed by atoms with E-state index in [1.165, 1.54) is 5.56 Å². The molecule has 6 heteroatoms. The monoisotopic (exact) mass is 302 g/mol. The first-order chi connectivity index (χ1) is 8.73. The fourth-order valence-electron chi connectivity index (χ4n) is 2.11. The molecule has 0 fully saturated rings. The number of carbonyl (C=O) groups excluding carboxylic acids is 1. The van der Waals surface area contributed by atoms with Gasteiger partial charge in [-0.1, -0.05) is 13.8 Å². The van der Waals surface area contributed by atoms with Crippen LogP contribution in [0.15, 0.2) is 0 Å². The van der Waals surface area contributed by atoms with Crippen molar-refractivity contribution in [3.05, 3.63) is 17.0 Å². The van der Waals surface area contributed by atoms with E-state index in [1.807, 2.05) is 46.3 Å². The maximum absolute atomic E-state index is 11.9. The molecule has 0 spiro atoms. The minimum Gasteiger partial charge on any atom is -0.352 e. The van der Waals surface area contributed by atoms with E-state index < -0.39 is 6.04 Å². The van der Waals surface area contributed by atoms with Crippen molar-refractivity contribution in [2.24, 2.45) is 18.7 Å². The summed E-state index contributed by atoms with van der Waals surface area (Å²) in [7, 11) is 1.93. The second kappa shape index (κ2) is 7.64. The SMILES string of the molecule is Cc1nn(C)c(C)c1CC(C)NC(=O)[C@@H](N)C(C)C.Cl. The van der Waals surface area contributed by atoms with Gasteiger partial charge in [0, 0.05) is 18.8 Å². The van der Waals surface area contributed by atoms with E-state index >= 15 is 0 Å². The number of nitrogens with two attached hydrogens (primary N) is 1. The first-order valence-electron chi connectivity index (χ1n) is 6.79. The molecular weight excluding hydrogens is 276 g/mol. The zero-order chi connectivity index (χ0) is 14.7. The minimum atomic E-state index is -0.446. The Bertz CT molecular complexity index is 456. The molecule has 1 aromatic rings. The lowest BCUT2D eigenvalue weighted by atomic mass is 10.0. The molecule has 1 aromatic heterocycles. The van der Waals surface area contributed by atoms with Gasteiger partial charge in [0.15, 0.2) is 0 Å². The molecule has 0 aromatic carbocycles. The fraction of sp³-hybridized carbons (Fsp3) is 0.714. The molecule has 0 aliphatic heterocycles. The average Bonchev–Trinajstić information content (AvgIpc) is 2.54. The lowest BCUT2D eigenvalue weighted by molar-refractivity contribution is -0.123. The van der Waals surface area contributed by atoms with Crippen molar-refractivity contribution in [1.82, 2.24) is 15.1 Å². The summed E-state index contributed by atoms with van der Waals surface area (Å²) >= 11 is 0. The smallest absolute Gasteiger partial charge is 0.237 e. The highest BCUT2D eigenvalue weighted by Gasteiger charge is 2.20. The van der Waals surface area contributed by atoms with E-state index in [1.54, 1.807) is 0 Å². The van der Waals surface area contributed by atoms with Gasteiger partial charge in [-0.3, -0.25) is 9.48 Å². The van der Waals surface area contributed by atoms with Gasteiger partial charge in [0.05, 0.1) is 11.7 Å². The van der Waals surface area contributed by atoms with Crippen LogP contribution in [0.2, 0.25) is 0 Å². The van der Waals surface area contributed by atoms with Crippen molar-refractivity contribution >= 4 is 18.3 Å². The molecule has 0 saturated carbocycles. The van der Waals surface area contributed by atoms with Crippen molar-refractivity contribution in [3.8, 4) is 0 Å². The summed E-state index contributed by atoms with van der Waals surface area (Å²) < 4.78 is 1.87. The number of nitrogens with zero attached hydrogens (tertiary/aromatic N) is 2. The molecule has 1 rings (SSSR count). The molecule has 2 atom stereocenters. The van der Waals surface area contributed by atoms with Crippen molar-refractivity contribution < 1.29 is 4.79 Å². The number of carbonyl (C=O) groups is 1. The van der Waals surface area contributed by atoms with Gasteiger partial charge in [0.1, 0.15) is 0 Å². The number of hydrogen-bond acceptors (Lipinski definition) is 3. The molecule has 0 radical (unpaired) electrons. The van der Waals surface area contributed by atoms with Crippen LogP contribution in [0, 0.1) is 19.8 Å². The number of aryl methyl sites for hydroxylation is 2. The van der Waals surface area contributed by atoms with Crippen LogP contribution in [0.4, 0.5) is 0 Å². The van der Waals surface area contributed by atoms with E-state index in [0.29, 0.717) is 0 Å². The zero-order valence-corrected chi connectivity index (χ0v) is 14.0. The lowest BCUT2D eigenvalue weighted by Crippen LogP contribution is -2.47. The molecule has 1 amide bonds. The highest BCUT2D eigenvalue weighted by molar-refractivity contribution is 5.85. The molecular formula is C14H27ClN4O. The van der Waals surface area contributed by atoms with E-state index in [2.05, 4.69) is 10.4 Å².